The molecule has 0 heterocycles. The number of nitrogens with one attached hydrogen (secondary N) is 1. The molecule has 1 N–H and O–H groups in total. The van der Waals surface area contributed by atoms with Crippen molar-refractivity contribution >= 4 is 17.8 Å². The largest absolute Gasteiger partial charge is 0.465 e. The molecular formula is C63H124N2O5. The summed E-state index contributed by atoms with van der Waals surface area (Å²) in [6.07, 6.45) is 55.3. The summed E-state index contributed by atoms with van der Waals surface area (Å²) >= 11 is 0. The first kappa shape index (κ1) is 68.4. The predicted molar refractivity (Wildman–Crippen MR) is 304 cm³/mol. The highest BCUT2D eigenvalue weighted by Gasteiger charge is 2.23. The molecule has 0 radical (unpaired) electrons. The lowest BCUT2D eigenvalue weighted by molar-refractivity contribution is -0.146. The predicted octanol–water partition coefficient (Wildman–Crippen LogP) is 19.2. The molecule has 0 aromatic heterocycles. The Kier molecular flexibility index (Phi) is 53.8. The third-order valence-corrected chi connectivity index (χ3v) is 15.2. The number of carbonyl (C=O) groups is 3. The van der Waals surface area contributed by atoms with E-state index < -0.39 is 0 Å². The van der Waals surface area contributed by atoms with Gasteiger partial charge in [0, 0.05) is 31.8 Å². The van der Waals surface area contributed by atoms with E-state index in [4.69, 9.17) is 9.47 Å². The van der Waals surface area contributed by atoms with E-state index >= 15 is 0 Å². The lowest BCUT2D eigenvalue weighted by Gasteiger charge is -2.33. The zero-order valence-electron chi connectivity index (χ0n) is 48.3. The second-order valence-electron chi connectivity index (χ2n) is 22.1. The maximum Gasteiger partial charge on any atom is 0.305 e. The van der Waals surface area contributed by atoms with Crippen LogP contribution < -0.4 is 5.32 Å². The van der Waals surface area contributed by atoms with E-state index in [1.807, 2.05) is 7.05 Å². The van der Waals surface area contributed by atoms with E-state index in [9.17, 15) is 14.4 Å². The fourth-order valence-corrected chi connectivity index (χ4v) is 10.4. The third kappa shape index (κ3) is 46.2. The van der Waals surface area contributed by atoms with Crippen LogP contribution in [-0.2, 0) is 23.9 Å². The summed E-state index contributed by atoms with van der Waals surface area (Å²) in [5.41, 5.74) is 0. The first-order chi connectivity index (χ1) is 34.4. The van der Waals surface area contributed by atoms with Crippen molar-refractivity contribution in [2.75, 3.05) is 33.4 Å². The highest BCUT2D eigenvalue weighted by molar-refractivity contribution is 5.76. The van der Waals surface area contributed by atoms with Crippen LogP contribution in [0.1, 0.15) is 336 Å². The number of hydrogen-bond donors (Lipinski definition) is 1. The van der Waals surface area contributed by atoms with Crippen LogP contribution in [-0.4, -0.2) is 62.1 Å². The molecule has 0 aromatic carbocycles. The molecule has 416 valence electrons. The van der Waals surface area contributed by atoms with E-state index in [2.05, 4.69) is 44.8 Å². The average Bonchev–Trinajstić information content (AvgIpc) is 3.36. The van der Waals surface area contributed by atoms with Gasteiger partial charge in [-0.2, -0.15) is 0 Å². The van der Waals surface area contributed by atoms with Gasteiger partial charge in [0.15, 0.2) is 0 Å². The maximum atomic E-state index is 14.0. The highest BCUT2D eigenvalue weighted by atomic mass is 16.5. The van der Waals surface area contributed by atoms with Gasteiger partial charge in [-0.25, -0.2) is 0 Å². The minimum Gasteiger partial charge on any atom is -0.465 e. The van der Waals surface area contributed by atoms with Crippen LogP contribution in [0, 0.1) is 11.8 Å². The molecule has 0 fully saturated rings. The molecule has 0 saturated heterocycles. The number of rotatable bonds is 57. The normalized spacial score (nSPS) is 12.8. The smallest absolute Gasteiger partial charge is 0.305 e. The Morgan fingerprint density at radius 3 is 1.07 bits per heavy atom. The summed E-state index contributed by atoms with van der Waals surface area (Å²) in [6, 6.07) is 0.328. The van der Waals surface area contributed by atoms with Crippen LogP contribution in [0.4, 0.5) is 0 Å². The molecule has 0 aliphatic carbocycles. The fourth-order valence-electron chi connectivity index (χ4n) is 10.4. The average molecular weight is 990 g/mol. The summed E-state index contributed by atoms with van der Waals surface area (Å²) in [5.74, 6) is 1.42. The second kappa shape index (κ2) is 55.1. The molecule has 0 aliphatic rings. The Bertz CT molecular complexity index is 1040. The molecule has 0 aromatic rings. The first-order valence-electron chi connectivity index (χ1n) is 31.6. The number of esters is 2. The molecule has 0 rings (SSSR count). The zero-order valence-corrected chi connectivity index (χ0v) is 48.3. The number of amides is 1. The van der Waals surface area contributed by atoms with E-state index in [1.165, 1.54) is 212 Å². The van der Waals surface area contributed by atoms with Gasteiger partial charge in [0.1, 0.15) is 0 Å². The van der Waals surface area contributed by atoms with Crippen LogP contribution >= 0.6 is 0 Å². The number of unbranched alkanes of at least 4 members (excludes halogenated alkanes) is 30. The lowest BCUT2D eigenvalue weighted by Crippen LogP contribution is -2.41. The molecular weight excluding hydrogens is 865 g/mol. The number of hydrogen-bond acceptors (Lipinski definition) is 6. The van der Waals surface area contributed by atoms with Gasteiger partial charge in [-0.1, -0.05) is 247 Å². The Morgan fingerprint density at radius 1 is 0.357 bits per heavy atom. The van der Waals surface area contributed by atoms with Crippen LogP contribution in [0.25, 0.3) is 0 Å². The van der Waals surface area contributed by atoms with Gasteiger partial charge in [-0.05, 0) is 96.1 Å². The summed E-state index contributed by atoms with van der Waals surface area (Å²) in [6.45, 7) is 14.4. The third-order valence-electron chi connectivity index (χ3n) is 15.2. The first-order valence-corrected chi connectivity index (χ1v) is 31.6. The maximum absolute atomic E-state index is 14.0. The number of ether oxygens (including phenoxy) is 2. The van der Waals surface area contributed by atoms with E-state index in [0.29, 0.717) is 56.3 Å². The molecule has 7 heteroatoms. The minimum absolute atomic E-state index is 0.00338. The SMILES string of the molecule is CCCCCCCCCCCCCCN(C(=O)CCCCNC)C(CCCCCCCCC(=O)OCC(CCCC)CCCCCC)CCCCCCCCC(=O)OCC(CCCC)CCCCCC. The minimum atomic E-state index is -0.00338. The quantitative estimate of drug-likeness (QED) is 0.0483. The van der Waals surface area contributed by atoms with Crippen molar-refractivity contribution in [3.05, 3.63) is 0 Å². The van der Waals surface area contributed by atoms with Gasteiger partial charge >= 0.3 is 11.9 Å². The van der Waals surface area contributed by atoms with Gasteiger partial charge in [0.2, 0.25) is 5.91 Å². The summed E-state index contributed by atoms with van der Waals surface area (Å²) in [4.78, 5) is 41.7. The Morgan fingerprint density at radius 2 is 0.671 bits per heavy atom. The molecule has 0 aliphatic heterocycles. The van der Waals surface area contributed by atoms with E-state index in [0.717, 1.165) is 83.7 Å². The van der Waals surface area contributed by atoms with Crippen LogP contribution in [0.5, 0.6) is 0 Å². The van der Waals surface area contributed by atoms with Crippen molar-refractivity contribution in [2.45, 2.75) is 342 Å². The van der Waals surface area contributed by atoms with Crippen LogP contribution in [0.3, 0.4) is 0 Å². The molecule has 0 bridgehead atoms. The van der Waals surface area contributed by atoms with Crippen LogP contribution in [0.15, 0.2) is 0 Å². The van der Waals surface area contributed by atoms with Crippen molar-refractivity contribution in [3.8, 4) is 0 Å². The molecule has 0 spiro atoms. The van der Waals surface area contributed by atoms with Crippen molar-refractivity contribution < 1.29 is 23.9 Å². The van der Waals surface area contributed by atoms with Gasteiger partial charge < -0.3 is 19.7 Å². The van der Waals surface area contributed by atoms with Crippen molar-refractivity contribution in [2.24, 2.45) is 11.8 Å². The van der Waals surface area contributed by atoms with Crippen molar-refractivity contribution in [3.63, 3.8) is 0 Å². The molecule has 1 amide bonds. The van der Waals surface area contributed by atoms with E-state index in [1.54, 1.807) is 0 Å². The van der Waals surface area contributed by atoms with E-state index in [-0.39, 0.29) is 11.9 Å². The van der Waals surface area contributed by atoms with Crippen molar-refractivity contribution in [1.82, 2.24) is 10.2 Å². The topological polar surface area (TPSA) is 84.9 Å². The molecule has 70 heavy (non-hydrogen) atoms. The molecule has 7 nitrogen and oxygen atoms in total. The Balaban J connectivity index is 5.12. The van der Waals surface area contributed by atoms with Gasteiger partial charge in [0.05, 0.1) is 13.2 Å². The monoisotopic (exact) mass is 989 g/mol. The van der Waals surface area contributed by atoms with Crippen LogP contribution in [0.2, 0.25) is 0 Å². The van der Waals surface area contributed by atoms with Gasteiger partial charge in [-0.3, -0.25) is 14.4 Å². The highest BCUT2D eigenvalue weighted by Crippen LogP contribution is 2.24. The number of carbonyl (C=O) groups excluding carboxylic acids is 3. The molecule has 0 saturated carbocycles. The summed E-state index contributed by atoms with van der Waals surface area (Å²) in [7, 11) is 2.00. The van der Waals surface area contributed by atoms with Gasteiger partial charge in [0.25, 0.3) is 0 Å². The van der Waals surface area contributed by atoms with Crippen molar-refractivity contribution in [1.29, 1.82) is 0 Å². The number of nitrogens with zero attached hydrogens (tertiary/aromatic N) is 1. The molecule has 2 atom stereocenters. The van der Waals surface area contributed by atoms with Gasteiger partial charge in [-0.15, -0.1) is 0 Å². The fraction of sp³-hybridized carbons (Fsp3) is 0.952. The lowest BCUT2D eigenvalue weighted by atomic mass is 9.96. The summed E-state index contributed by atoms with van der Waals surface area (Å²) in [5, 5.41) is 3.27. The summed E-state index contributed by atoms with van der Waals surface area (Å²) < 4.78 is 11.6. The Hall–Kier alpha value is -1.63. The Labute approximate surface area is 437 Å². The zero-order chi connectivity index (χ0) is 51.2. The standard InChI is InChI=1S/C63H124N2O5/c1-7-12-17-20-21-22-23-24-25-30-35-44-55-65(61(66)51-42-43-54-64-6)60(49-38-31-26-28-33-40-52-62(67)69-56-58(45-15-10-4)47-36-18-13-8-2)50-39-32-27-29-34-41-53-63(68)70-57-59(46-16-11-5)48-37-19-14-9-3/h58-60,64H,7-57H2,1-6H3. The second-order valence-corrected chi connectivity index (χ2v) is 22.1. The molecule has 2 unspecified atom stereocenters.